The smallest absolute Gasteiger partial charge is 0.273 e. The van der Waals surface area contributed by atoms with Crippen LogP contribution in [0.2, 0.25) is 0 Å². The Bertz CT molecular complexity index is 337. The maximum atomic E-state index is 11.5. The third kappa shape index (κ3) is 3.63. The molecule has 0 aliphatic carbocycles. The van der Waals surface area contributed by atoms with Crippen LogP contribution in [0.25, 0.3) is 0 Å². The van der Waals surface area contributed by atoms with Gasteiger partial charge in [-0.1, -0.05) is 12.1 Å². The second-order valence-corrected chi connectivity index (χ2v) is 3.61. The molecule has 0 aliphatic heterocycles. The van der Waals surface area contributed by atoms with Gasteiger partial charge in [0.15, 0.2) is 11.5 Å². The second-order valence-electron chi connectivity index (χ2n) is 3.61. The van der Waals surface area contributed by atoms with Crippen LogP contribution in [-0.4, -0.2) is 36.4 Å². The van der Waals surface area contributed by atoms with Crippen molar-refractivity contribution in [3.8, 4) is 0 Å². The van der Waals surface area contributed by atoms with Gasteiger partial charge in [-0.15, -0.1) is 0 Å². The first-order valence-corrected chi connectivity index (χ1v) is 5.01. The highest BCUT2D eigenvalue weighted by Gasteiger charge is 2.12. The summed E-state index contributed by atoms with van der Waals surface area (Å²) in [6.45, 7) is 2.56. The molecule has 1 amide bonds. The summed E-state index contributed by atoms with van der Waals surface area (Å²) in [5.41, 5.74) is 0.220. The number of nitrogens with zero attached hydrogens (tertiary/aromatic N) is 1. The van der Waals surface area contributed by atoms with Crippen LogP contribution in [0, 0.1) is 5.92 Å². The van der Waals surface area contributed by atoms with Crippen LogP contribution in [0.4, 0.5) is 0 Å². The fourth-order valence-electron chi connectivity index (χ4n) is 1.05. The van der Waals surface area contributed by atoms with Gasteiger partial charge in [-0.3, -0.25) is 4.79 Å². The lowest BCUT2D eigenvalue weighted by atomic mass is 10.2. The summed E-state index contributed by atoms with van der Waals surface area (Å²) in [5.74, 6) is 0.212. The van der Waals surface area contributed by atoms with E-state index in [1.165, 1.54) is 13.2 Å². The van der Waals surface area contributed by atoms with Crippen LogP contribution < -0.4 is 5.32 Å². The number of methoxy groups -OCH3 is 1. The van der Waals surface area contributed by atoms with Crippen molar-refractivity contribution < 1.29 is 19.2 Å². The molecule has 0 saturated heterocycles. The van der Waals surface area contributed by atoms with E-state index in [0.717, 1.165) is 0 Å². The molecule has 0 saturated carbocycles. The molecule has 1 atom stereocenters. The topological polar surface area (TPSA) is 84.6 Å². The minimum Gasteiger partial charge on any atom is -0.396 e. The van der Waals surface area contributed by atoms with E-state index in [0.29, 0.717) is 12.3 Å². The van der Waals surface area contributed by atoms with Gasteiger partial charge < -0.3 is 19.7 Å². The summed E-state index contributed by atoms with van der Waals surface area (Å²) in [7, 11) is 1.53. The number of rotatable bonds is 6. The lowest BCUT2D eigenvalue weighted by Gasteiger charge is -2.07. The average molecular weight is 228 g/mol. The van der Waals surface area contributed by atoms with Crippen LogP contribution in [0.15, 0.2) is 10.6 Å². The number of carbonyl (C=O) groups is 1. The van der Waals surface area contributed by atoms with Crippen molar-refractivity contribution >= 4 is 5.91 Å². The Morgan fingerprint density at radius 1 is 1.75 bits per heavy atom. The first-order valence-electron chi connectivity index (χ1n) is 5.01. The molecule has 90 valence electrons. The molecule has 1 unspecified atom stereocenters. The standard InChI is InChI=1S/C10H16N2O4/c1-7(5-13)4-11-10(14)9-3-8(6-15-2)16-12-9/h3,7,13H,4-6H2,1-2H3,(H,11,14). The zero-order chi connectivity index (χ0) is 12.0. The SMILES string of the molecule is COCc1cc(C(=O)NCC(C)CO)no1. The van der Waals surface area contributed by atoms with Crippen LogP contribution in [0.1, 0.15) is 23.2 Å². The first-order chi connectivity index (χ1) is 7.67. The lowest BCUT2D eigenvalue weighted by molar-refractivity contribution is 0.0932. The van der Waals surface area contributed by atoms with E-state index < -0.39 is 0 Å². The normalized spacial score (nSPS) is 12.4. The summed E-state index contributed by atoms with van der Waals surface area (Å²) in [5, 5.41) is 15.0. The van der Waals surface area contributed by atoms with Gasteiger partial charge in [0.1, 0.15) is 6.61 Å². The van der Waals surface area contributed by atoms with Crippen molar-refractivity contribution in [2.75, 3.05) is 20.3 Å². The van der Waals surface area contributed by atoms with Gasteiger partial charge in [-0.2, -0.15) is 0 Å². The Labute approximate surface area is 93.6 Å². The Balaban J connectivity index is 2.46. The van der Waals surface area contributed by atoms with Gasteiger partial charge in [0.2, 0.25) is 0 Å². The number of aromatic nitrogens is 1. The number of aliphatic hydroxyl groups is 1. The van der Waals surface area contributed by atoms with Crippen LogP contribution >= 0.6 is 0 Å². The number of hydrogen-bond donors (Lipinski definition) is 2. The highest BCUT2D eigenvalue weighted by atomic mass is 16.5. The monoisotopic (exact) mass is 228 g/mol. The van der Waals surface area contributed by atoms with Crippen molar-refractivity contribution in [1.29, 1.82) is 0 Å². The predicted octanol–water partition coefficient (Wildman–Crippen LogP) is 0.179. The Morgan fingerprint density at radius 3 is 3.12 bits per heavy atom. The second kappa shape index (κ2) is 6.24. The molecular weight excluding hydrogens is 212 g/mol. The maximum absolute atomic E-state index is 11.5. The third-order valence-electron chi connectivity index (χ3n) is 2.00. The van der Waals surface area contributed by atoms with Crippen molar-refractivity contribution in [3.63, 3.8) is 0 Å². The molecular formula is C10H16N2O4. The van der Waals surface area contributed by atoms with E-state index in [4.69, 9.17) is 14.4 Å². The zero-order valence-electron chi connectivity index (χ0n) is 9.40. The Morgan fingerprint density at radius 2 is 2.50 bits per heavy atom. The zero-order valence-corrected chi connectivity index (χ0v) is 9.40. The molecule has 0 aliphatic rings. The van der Waals surface area contributed by atoms with Crippen molar-refractivity contribution in [2.45, 2.75) is 13.5 Å². The van der Waals surface area contributed by atoms with Gasteiger partial charge >= 0.3 is 0 Å². The summed E-state index contributed by atoms with van der Waals surface area (Å²) in [6, 6.07) is 1.53. The molecule has 0 aromatic carbocycles. The van der Waals surface area contributed by atoms with Crippen molar-refractivity contribution in [1.82, 2.24) is 10.5 Å². The van der Waals surface area contributed by atoms with Crippen LogP contribution in [-0.2, 0) is 11.3 Å². The summed E-state index contributed by atoms with van der Waals surface area (Å²) < 4.78 is 9.71. The fourth-order valence-corrected chi connectivity index (χ4v) is 1.05. The van der Waals surface area contributed by atoms with E-state index in [1.54, 1.807) is 0 Å². The minimum absolute atomic E-state index is 0.0225. The number of hydrogen-bond acceptors (Lipinski definition) is 5. The molecule has 6 heteroatoms. The number of carbonyl (C=O) groups excluding carboxylic acids is 1. The quantitative estimate of drug-likeness (QED) is 0.725. The van der Waals surface area contributed by atoms with E-state index in [2.05, 4.69) is 10.5 Å². The van der Waals surface area contributed by atoms with Crippen molar-refractivity contribution in [2.24, 2.45) is 5.92 Å². The Kier molecular flexibility index (Phi) is 4.94. The van der Waals surface area contributed by atoms with E-state index in [1.807, 2.05) is 6.92 Å². The summed E-state index contributed by atoms with van der Waals surface area (Å²) >= 11 is 0. The number of amides is 1. The number of nitrogens with one attached hydrogen (secondary N) is 1. The Hall–Kier alpha value is -1.40. The fraction of sp³-hybridized carbons (Fsp3) is 0.600. The van der Waals surface area contributed by atoms with Gasteiger partial charge in [-0.25, -0.2) is 0 Å². The molecule has 2 N–H and O–H groups in total. The van der Waals surface area contributed by atoms with E-state index in [9.17, 15) is 4.79 Å². The van der Waals surface area contributed by atoms with Gasteiger partial charge in [0.05, 0.1) is 0 Å². The highest BCUT2D eigenvalue weighted by Crippen LogP contribution is 2.04. The van der Waals surface area contributed by atoms with Gasteiger partial charge in [-0.05, 0) is 5.92 Å². The van der Waals surface area contributed by atoms with E-state index in [-0.39, 0.29) is 30.7 Å². The first kappa shape index (κ1) is 12.7. The molecule has 1 heterocycles. The van der Waals surface area contributed by atoms with E-state index >= 15 is 0 Å². The van der Waals surface area contributed by atoms with Crippen molar-refractivity contribution in [3.05, 3.63) is 17.5 Å². The number of ether oxygens (including phenoxy) is 1. The molecule has 1 rings (SSSR count). The molecule has 0 spiro atoms. The lowest BCUT2D eigenvalue weighted by Crippen LogP contribution is -2.29. The third-order valence-corrected chi connectivity index (χ3v) is 2.00. The van der Waals surface area contributed by atoms with Crippen LogP contribution in [0.5, 0.6) is 0 Å². The molecule has 16 heavy (non-hydrogen) atoms. The summed E-state index contributed by atoms with van der Waals surface area (Å²) in [6.07, 6.45) is 0. The maximum Gasteiger partial charge on any atom is 0.273 e. The molecule has 0 radical (unpaired) electrons. The molecule has 0 bridgehead atoms. The molecule has 1 aromatic rings. The largest absolute Gasteiger partial charge is 0.396 e. The van der Waals surface area contributed by atoms with Crippen LogP contribution in [0.3, 0.4) is 0 Å². The average Bonchev–Trinajstić information content (AvgIpc) is 2.74. The van der Waals surface area contributed by atoms with Gasteiger partial charge in [0.25, 0.3) is 5.91 Å². The molecule has 1 aromatic heterocycles. The minimum atomic E-state index is -0.314. The number of aliphatic hydroxyl groups excluding tert-OH is 1. The molecule has 6 nitrogen and oxygen atoms in total. The highest BCUT2D eigenvalue weighted by molar-refractivity contribution is 5.92. The molecule has 0 fully saturated rings. The predicted molar refractivity (Wildman–Crippen MR) is 55.8 cm³/mol. The summed E-state index contributed by atoms with van der Waals surface area (Å²) in [4.78, 5) is 11.5. The van der Waals surface area contributed by atoms with Gasteiger partial charge in [0, 0.05) is 26.3 Å².